The molecule has 1 saturated heterocycles. The first-order valence-corrected chi connectivity index (χ1v) is 8.46. The Morgan fingerprint density at radius 1 is 1.17 bits per heavy atom. The van der Waals surface area contributed by atoms with E-state index in [0.29, 0.717) is 37.1 Å². The number of amides is 1. The fourth-order valence-electron chi connectivity index (χ4n) is 3.53. The molecule has 5 heteroatoms. The number of benzene rings is 1. The second-order valence-electron chi connectivity index (χ2n) is 6.67. The molecule has 0 unspecified atom stereocenters. The molecule has 2 heterocycles. The highest BCUT2D eigenvalue weighted by Gasteiger charge is 2.36. The zero-order chi connectivity index (χ0) is 15.6. The van der Waals surface area contributed by atoms with Gasteiger partial charge in [-0.3, -0.25) is 4.79 Å². The zero-order valence-electron chi connectivity index (χ0n) is 13.1. The molecule has 0 bridgehead atoms. The van der Waals surface area contributed by atoms with Crippen molar-refractivity contribution in [3.8, 4) is 11.4 Å². The minimum absolute atomic E-state index is 0.187. The number of aromatic nitrogens is 2. The Hall–Kier alpha value is -2.17. The molecule has 2 aliphatic rings. The Balaban J connectivity index is 1.33. The van der Waals surface area contributed by atoms with Crippen molar-refractivity contribution in [1.82, 2.24) is 15.0 Å². The molecule has 0 radical (unpaired) electrons. The molecule has 1 aliphatic heterocycles. The number of carbonyl (C=O) groups is 1. The standard InChI is InChI=1S/C18H21N3O2/c22-16(10-13-6-4-5-7-13)21-11-15(12-21)18-19-17(20-23-18)14-8-2-1-3-9-14/h1-3,8-9,13,15H,4-7,10-12H2. The number of hydrogen-bond donors (Lipinski definition) is 0. The van der Waals surface area contributed by atoms with E-state index < -0.39 is 0 Å². The molecule has 1 saturated carbocycles. The van der Waals surface area contributed by atoms with Crippen LogP contribution < -0.4 is 0 Å². The van der Waals surface area contributed by atoms with Crippen LogP contribution in [0.25, 0.3) is 11.4 Å². The summed E-state index contributed by atoms with van der Waals surface area (Å²) in [7, 11) is 0. The van der Waals surface area contributed by atoms with Gasteiger partial charge in [-0.15, -0.1) is 0 Å². The monoisotopic (exact) mass is 311 g/mol. The average molecular weight is 311 g/mol. The molecule has 4 rings (SSSR count). The predicted octanol–water partition coefficient (Wildman–Crippen LogP) is 3.24. The summed E-state index contributed by atoms with van der Waals surface area (Å²) < 4.78 is 5.39. The molecule has 0 N–H and O–H groups in total. The van der Waals surface area contributed by atoms with Gasteiger partial charge in [0.05, 0.1) is 5.92 Å². The number of rotatable bonds is 4. The van der Waals surface area contributed by atoms with Crippen molar-refractivity contribution in [2.24, 2.45) is 5.92 Å². The molecule has 120 valence electrons. The van der Waals surface area contributed by atoms with Crippen molar-refractivity contribution in [2.45, 2.75) is 38.0 Å². The minimum atomic E-state index is 0.187. The zero-order valence-corrected chi connectivity index (χ0v) is 13.1. The number of hydrogen-bond acceptors (Lipinski definition) is 4. The predicted molar refractivity (Wildman–Crippen MR) is 85.6 cm³/mol. The molecule has 1 amide bonds. The fraction of sp³-hybridized carbons (Fsp3) is 0.500. The van der Waals surface area contributed by atoms with Crippen LogP contribution in [0.5, 0.6) is 0 Å². The third-order valence-electron chi connectivity index (χ3n) is 5.00. The number of nitrogens with zero attached hydrogens (tertiary/aromatic N) is 3. The van der Waals surface area contributed by atoms with E-state index in [9.17, 15) is 4.79 Å². The van der Waals surface area contributed by atoms with Crippen molar-refractivity contribution >= 4 is 5.91 Å². The SMILES string of the molecule is O=C(CC1CCCC1)N1CC(c2nc(-c3ccccc3)no2)C1. The van der Waals surface area contributed by atoms with Crippen LogP contribution in [0.3, 0.4) is 0 Å². The molecule has 23 heavy (non-hydrogen) atoms. The molecule has 1 aromatic carbocycles. The van der Waals surface area contributed by atoms with Gasteiger partial charge in [0, 0.05) is 25.1 Å². The van der Waals surface area contributed by atoms with Gasteiger partial charge >= 0.3 is 0 Å². The van der Waals surface area contributed by atoms with Crippen molar-refractivity contribution in [2.75, 3.05) is 13.1 Å². The maximum atomic E-state index is 12.2. The van der Waals surface area contributed by atoms with E-state index in [0.717, 1.165) is 5.56 Å². The Labute approximate surface area is 135 Å². The minimum Gasteiger partial charge on any atom is -0.341 e. The van der Waals surface area contributed by atoms with Crippen LogP contribution in [-0.2, 0) is 4.79 Å². The van der Waals surface area contributed by atoms with Gasteiger partial charge in [-0.05, 0) is 18.8 Å². The maximum Gasteiger partial charge on any atom is 0.233 e. The highest BCUT2D eigenvalue weighted by Crippen LogP contribution is 2.32. The van der Waals surface area contributed by atoms with E-state index >= 15 is 0 Å². The highest BCUT2D eigenvalue weighted by atomic mass is 16.5. The summed E-state index contributed by atoms with van der Waals surface area (Å²) in [5, 5.41) is 4.05. The van der Waals surface area contributed by atoms with E-state index in [4.69, 9.17) is 4.52 Å². The fourth-order valence-corrected chi connectivity index (χ4v) is 3.53. The van der Waals surface area contributed by atoms with Crippen LogP contribution >= 0.6 is 0 Å². The van der Waals surface area contributed by atoms with Crippen molar-refractivity contribution in [3.05, 3.63) is 36.2 Å². The summed E-state index contributed by atoms with van der Waals surface area (Å²) in [6.07, 6.45) is 5.71. The van der Waals surface area contributed by atoms with Crippen LogP contribution in [0.1, 0.15) is 43.9 Å². The second-order valence-corrected chi connectivity index (χ2v) is 6.67. The van der Waals surface area contributed by atoms with Gasteiger partial charge in [0.2, 0.25) is 17.6 Å². The Morgan fingerprint density at radius 2 is 1.91 bits per heavy atom. The van der Waals surface area contributed by atoms with Crippen molar-refractivity contribution < 1.29 is 9.32 Å². The molecule has 5 nitrogen and oxygen atoms in total. The lowest BCUT2D eigenvalue weighted by molar-refractivity contribution is -0.137. The second kappa shape index (κ2) is 6.14. The maximum absolute atomic E-state index is 12.2. The number of carbonyl (C=O) groups excluding carboxylic acids is 1. The van der Waals surface area contributed by atoms with Crippen LogP contribution in [0.2, 0.25) is 0 Å². The van der Waals surface area contributed by atoms with Crippen LogP contribution in [0.4, 0.5) is 0 Å². The Kier molecular flexibility index (Phi) is 3.85. The van der Waals surface area contributed by atoms with Crippen molar-refractivity contribution in [1.29, 1.82) is 0 Å². The summed E-state index contributed by atoms with van der Waals surface area (Å²) >= 11 is 0. The van der Waals surface area contributed by atoms with Crippen LogP contribution in [0.15, 0.2) is 34.9 Å². The largest absolute Gasteiger partial charge is 0.341 e. The molecule has 2 aromatic rings. The molecule has 0 atom stereocenters. The average Bonchev–Trinajstić information content (AvgIpc) is 3.18. The van der Waals surface area contributed by atoms with Gasteiger partial charge in [-0.2, -0.15) is 4.98 Å². The van der Waals surface area contributed by atoms with E-state index in [1.165, 1.54) is 25.7 Å². The lowest BCUT2D eigenvalue weighted by Gasteiger charge is -2.37. The first kappa shape index (κ1) is 14.4. The van der Waals surface area contributed by atoms with Gasteiger partial charge in [-0.25, -0.2) is 0 Å². The third-order valence-corrected chi connectivity index (χ3v) is 5.00. The van der Waals surface area contributed by atoms with Gasteiger partial charge in [0.25, 0.3) is 0 Å². The molecule has 0 spiro atoms. The summed E-state index contributed by atoms with van der Waals surface area (Å²) in [4.78, 5) is 18.7. The molecular formula is C18H21N3O2. The third kappa shape index (κ3) is 3.00. The van der Waals surface area contributed by atoms with Crippen LogP contribution in [-0.4, -0.2) is 34.0 Å². The summed E-state index contributed by atoms with van der Waals surface area (Å²) in [6, 6.07) is 9.81. The highest BCUT2D eigenvalue weighted by molar-refractivity contribution is 5.77. The molecular weight excluding hydrogens is 290 g/mol. The summed E-state index contributed by atoms with van der Waals surface area (Å²) in [5.41, 5.74) is 0.955. The molecule has 1 aliphatic carbocycles. The molecule has 1 aromatic heterocycles. The van der Waals surface area contributed by atoms with Gasteiger partial charge in [0.15, 0.2) is 0 Å². The first-order valence-electron chi connectivity index (χ1n) is 8.46. The lowest BCUT2D eigenvalue weighted by atomic mass is 9.97. The number of likely N-dealkylation sites (tertiary alicyclic amines) is 1. The van der Waals surface area contributed by atoms with E-state index in [1.54, 1.807) is 0 Å². The van der Waals surface area contributed by atoms with Gasteiger partial charge < -0.3 is 9.42 Å². The van der Waals surface area contributed by atoms with Crippen LogP contribution in [0, 0.1) is 5.92 Å². The Bertz CT molecular complexity index is 671. The topological polar surface area (TPSA) is 59.2 Å². The van der Waals surface area contributed by atoms with Gasteiger partial charge in [-0.1, -0.05) is 48.3 Å². The van der Waals surface area contributed by atoms with E-state index in [-0.39, 0.29) is 11.8 Å². The van der Waals surface area contributed by atoms with Gasteiger partial charge in [0.1, 0.15) is 0 Å². The summed E-state index contributed by atoms with van der Waals surface area (Å²) in [5.74, 6) is 2.35. The normalized spacial score (nSPS) is 19.0. The van der Waals surface area contributed by atoms with E-state index in [2.05, 4.69) is 10.1 Å². The summed E-state index contributed by atoms with van der Waals surface area (Å²) in [6.45, 7) is 1.42. The smallest absolute Gasteiger partial charge is 0.233 e. The lowest BCUT2D eigenvalue weighted by Crippen LogP contribution is -2.48. The first-order chi connectivity index (χ1) is 11.3. The Morgan fingerprint density at radius 3 is 2.65 bits per heavy atom. The van der Waals surface area contributed by atoms with Crippen molar-refractivity contribution in [3.63, 3.8) is 0 Å². The quantitative estimate of drug-likeness (QED) is 0.869. The molecule has 2 fully saturated rings. The van der Waals surface area contributed by atoms with E-state index in [1.807, 2.05) is 35.2 Å².